The Hall–Kier alpha value is -1.69. The summed E-state index contributed by atoms with van der Waals surface area (Å²) in [6.07, 6.45) is 0. The van der Waals surface area contributed by atoms with Crippen LogP contribution < -0.4 is 10.1 Å². The zero-order chi connectivity index (χ0) is 13.7. The van der Waals surface area contributed by atoms with Crippen LogP contribution in [0.2, 0.25) is 0 Å². The third-order valence-electron chi connectivity index (χ3n) is 2.15. The average Bonchev–Trinajstić information content (AvgIpc) is 2.28. The van der Waals surface area contributed by atoms with Crippen LogP contribution in [0.4, 0.5) is 8.78 Å². The zero-order valence-corrected chi connectivity index (χ0v) is 10.1. The van der Waals surface area contributed by atoms with E-state index < -0.39 is 23.6 Å². The fourth-order valence-electron chi connectivity index (χ4n) is 1.36. The summed E-state index contributed by atoms with van der Waals surface area (Å²) >= 11 is 0. The number of hydrogen-bond donors (Lipinski definition) is 2. The van der Waals surface area contributed by atoms with E-state index in [1.165, 1.54) is 12.1 Å². The van der Waals surface area contributed by atoms with Crippen LogP contribution >= 0.6 is 0 Å². The highest BCUT2D eigenvalue weighted by molar-refractivity contribution is 5.73. The average molecular weight is 259 g/mol. The van der Waals surface area contributed by atoms with Gasteiger partial charge in [0.25, 0.3) is 0 Å². The number of carboxylic acids is 1. The Morgan fingerprint density at radius 1 is 1.44 bits per heavy atom. The van der Waals surface area contributed by atoms with Crippen molar-refractivity contribution in [1.82, 2.24) is 5.32 Å². The Kier molecular flexibility index (Phi) is 5.03. The molecule has 6 heteroatoms. The largest absolute Gasteiger partial charge is 0.488 e. The second-order valence-corrected chi connectivity index (χ2v) is 4.08. The SMILES string of the molecule is CC(C)NC(COc1cccc(F)c1F)C(=O)O. The van der Waals surface area contributed by atoms with Gasteiger partial charge in [0.05, 0.1) is 0 Å². The third-order valence-corrected chi connectivity index (χ3v) is 2.15. The van der Waals surface area contributed by atoms with Gasteiger partial charge in [0.1, 0.15) is 12.6 Å². The summed E-state index contributed by atoms with van der Waals surface area (Å²) in [5.74, 6) is -3.56. The molecule has 0 spiro atoms. The Morgan fingerprint density at radius 3 is 2.67 bits per heavy atom. The van der Waals surface area contributed by atoms with E-state index in [0.717, 1.165) is 6.07 Å². The molecule has 1 unspecified atom stereocenters. The maximum absolute atomic E-state index is 13.2. The van der Waals surface area contributed by atoms with Gasteiger partial charge in [-0.1, -0.05) is 19.9 Å². The van der Waals surface area contributed by atoms with Crippen molar-refractivity contribution in [1.29, 1.82) is 0 Å². The second kappa shape index (κ2) is 6.30. The smallest absolute Gasteiger partial charge is 0.324 e. The van der Waals surface area contributed by atoms with Crippen LogP contribution in [0.15, 0.2) is 18.2 Å². The Morgan fingerprint density at radius 2 is 2.11 bits per heavy atom. The summed E-state index contributed by atoms with van der Waals surface area (Å²) in [6, 6.07) is 2.45. The molecular weight excluding hydrogens is 244 g/mol. The quantitative estimate of drug-likeness (QED) is 0.817. The number of hydrogen-bond acceptors (Lipinski definition) is 3. The number of aliphatic carboxylic acids is 1. The summed E-state index contributed by atoms with van der Waals surface area (Å²) in [6.45, 7) is 3.27. The van der Waals surface area contributed by atoms with E-state index in [9.17, 15) is 13.6 Å². The lowest BCUT2D eigenvalue weighted by Gasteiger charge is -2.18. The van der Waals surface area contributed by atoms with Gasteiger partial charge in [0, 0.05) is 6.04 Å². The van der Waals surface area contributed by atoms with Gasteiger partial charge in [-0.25, -0.2) is 4.39 Å². The molecule has 0 aliphatic heterocycles. The van der Waals surface area contributed by atoms with Gasteiger partial charge in [0.15, 0.2) is 11.6 Å². The number of nitrogens with one attached hydrogen (secondary N) is 1. The Bertz CT molecular complexity index is 424. The van der Waals surface area contributed by atoms with E-state index in [1.807, 2.05) is 0 Å². The monoisotopic (exact) mass is 259 g/mol. The van der Waals surface area contributed by atoms with Crippen molar-refractivity contribution in [2.75, 3.05) is 6.61 Å². The number of halogens is 2. The molecule has 0 saturated heterocycles. The molecule has 1 aromatic rings. The minimum Gasteiger partial charge on any atom is -0.488 e. The van der Waals surface area contributed by atoms with Crippen molar-refractivity contribution in [2.24, 2.45) is 0 Å². The molecule has 100 valence electrons. The number of rotatable bonds is 6. The van der Waals surface area contributed by atoms with Gasteiger partial charge in [-0.3, -0.25) is 10.1 Å². The van der Waals surface area contributed by atoms with Gasteiger partial charge in [-0.15, -0.1) is 0 Å². The van der Waals surface area contributed by atoms with E-state index in [4.69, 9.17) is 9.84 Å². The molecule has 0 heterocycles. The lowest BCUT2D eigenvalue weighted by Crippen LogP contribution is -2.44. The first-order valence-corrected chi connectivity index (χ1v) is 5.47. The Balaban J connectivity index is 2.67. The number of carboxylic acid groups (broad SMARTS) is 1. The first kappa shape index (κ1) is 14.4. The molecule has 18 heavy (non-hydrogen) atoms. The first-order valence-electron chi connectivity index (χ1n) is 5.47. The summed E-state index contributed by atoms with van der Waals surface area (Å²) in [5, 5.41) is 11.7. The molecule has 2 N–H and O–H groups in total. The third kappa shape index (κ3) is 3.96. The fraction of sp³-hybridized carbons (Fsp3) is 0.417. The molecule has 0 aliphatic rings. The van der Waals surface area contributed by atoms with Gasteiger partial charge in [0.2, 0.25) is 5.82 Å². The maximum atomic E-state index is 13.2. The molecule has 0 aromatic heterocycles. The molecule has 0 radical (unpaired) electrons. The van der Waals surface area contributed by atoms with E-state index in [2.05, 4.69) is 5.32 Å². The van der Waals surface area contributed by atoms with Gasteiger partial charge < -0.3 is 9.84 Å². The van der Waals surface area contributed by atoms with Crippen LogP contribution in [0.3, 0.4) is 0 Å². The Labute approximate surface area is 104 Å². The molecule has 0 aliphatic carbocycles. The topological polar surface area (TPSA) is 58.6 Å². The second-order valence-electron chi connectivity index (χ2n) is 4.08. The molecule has 1 rings (SSSR count). The fourth-order valence-corrected chi connectivity index (χ4v) is 1.36. The van der Waals surface area contributed by atoms with Crippen LogP contribution in [0.5, 0.6) is 5.75 Å². The maximum Gasteiger partial charge on any atom is 0.324 e. The first-order chi connectivity index (χ1) is 8.41. The zero-order valence-electron chi connectivity index (χ0n) is 10.1. The number of carbonyl (C=O) groups is 1. The van der Waals surface area contributed by atoms with E-state index in [1.54, 1.807) is 13.8 Å². The summed E-state index contributed by atoms with van der Waals surface area (Å²) < 4.78 is 31.1. The summed E-state index contributed by atoms with van der Waals surface area (Å²) in [4.78, 5) is 10.9. The number of ether oxygens (including phenoxy) is 1. The molecular formula is C12H15F2NO3. The minimum atomic E-state index is -1.12. The van der Waals surface area contributed by atoms with Crippen molar-refractivity contribution >= 4 is 5.97 Å². The molecule has 4 nitrogen and oxygen atoms in total. The number of benzene rings is 1. The highest BCUT2D eigenvalue weighted by atomic mass is 19.2. The van der Waals surface area contributed by atoms with Crippen LogP contribution in [0, 0.1) is 11.6 Å². The van der Waals surface area contributed by atoms with Crippen molar-refractivity contribution in [3.8, 4) is 5.75 Å². The minimum absolute atomic E-state index is 0.0629. The summed E-state index contributed by atoms with van der Waals surface area (Å²) in [7, 11) is 0. The predicted molar refractivity (Wildman–Crippen MR) is 61.5 cm³/mol. The molecule has 0 fully saturated rings. The van der Waals surface area contributed by atoms with Crippen molar-refractivity contribution in [3.05, 3.63) is 29.8 Å². The molecule has 0 bridgehead atoms. The molecule has 1 atom stereocenters. The predicted octanol–water partition coefficient (Wildman–Crippen LogP) is 1.79. The van der Waals surface area contributed by atoms with Gasteiger partial charge in [-0.2, -0.15) is 4.39 Å². The van der Waals surface area contributed by atoms with Crippen LogP contribution in [0.25, 0.3) is 0 Å². The van der Waals surface area contributed by atoms with Gasteiger partial charge >= 0.3 is 5.97 Å². The molecule has 0 saturated carbocycles. The van der Waals surface area contributed by atoms with E-state index in [0.29, 0.717) is 0 Å². The van der Waals surface area contributed by atoms with Crippen molar-refractivity contribution in [3.63, 3.8) is 0 Å². The molecule has 1 aromatic carbocycles. The van der Waals surface area contributed by atoms with E-state index in [-0.39, 0.29) is 18.4 Å². The van der Waals surface area contributed by atoms with E-state index >= 15 is 0 Å². The lowest BCUT2D eigenvalue weighted by molar-refractivity contribution is -0.140. The van der Waals surface area contributed by atoms with Crippen LogP contribution in [-0.2, 0) is 4.79 Å². The lowest BCUT2D eigenvalue weighted by atomic mass is 10.2. The van der Waals surface area contributed by atoms with Crippen molar-refractivity contribution < 1.29 is 23.4 Å². The highest BCUT2D eigenvalue weighted by Gasteiger charge is 2.20. The molecule has 0 amide bonds. The summed E-state index contributed by atoms with van der Waals surface area (Å²) in [5.41, 5.74) is 0. The highest BCUT2D eigenvalue weighted by Crippen LogP contribution is 2.19. The van der Waals surface area contributed by atoms with Crippen LogP contribution in [-0.4, -0.2) is 29.8 Å². The standard InChI is InChI=1S/C12H15F2NO3/c1-7(2)15-9(12(16)17)6-18-10-5-3-4-8(13)11(10)14/h3-5,7,9,15H,6H2,1-2H3,(H,16,17). The normalized spacial score (nSPS) is 12.5. The van der Waals surface area contributed by atoms with Gasteiger partial charge in [-0.05, 0) is 12.1 Å². The van der Waals surface area contributed by atoms with Crippen LogP contribution in [0.1, 0.15) is 13.8 Å². The van der Waals surface area contributed by atoms with Crippen molar-refractivity contribution in [2.45, 2.75) is 25.9 Å².